The van der Waals surface area contributed by atoms with Crippen LogP contribution in [0.4, 0.5) is 8.78 Å². The van der Waals surface area contributed by atoms with Gasteiger partial charge in [-0.3, -0.25) is 0 Å². The van der Waals surface area contributed by atoms with E-state index < -0.39 is 13.0 Å². The molecule has 0 fully saturated rings. The third-order valence-electron chi connectivity index (χ3n) is 3.00. The number of rotatable bonds is 7. The van der Waals surface area contributed by atoms with Gasteiger partial charge in [-0.05, 0) is 43.0 Å². The van der Waals surface area contributed by atoms with Crippen LogP contribution in [0, 0.1) is 13.8 Å². The largest absolute Gasteiger partial charge is 0.496 e. The second-order valence-electron chi connectivity index (χ2n) is 4.54. The highest BCUT2D eigenvalue weighted by atomic mass is 19.3. The summed E-state index contributed by atoms with van der Waals surface area (Å²) >= 11 is 0. The van der Waals surface area contributed by atoms with Crippen molar-refractivity contribution in [2.45, 2.75) is 32.7 Å². The summed E-state index contributed by atoms with van der Waals surface area (Å²) in [6.45, 7) is 3.60. The Bertz CT molecular complexity index is 411. The molecule has 0 aliphatic heterocycles. The van der Waals surface area contributed by atoms with Crippen LogP contribution in [0.2, 0.25) is 0 Å². The molecule has 0 aromatic heterocycles. The lowest BCUT2D eigenvalue weighted by Crippen LogP contribution is -2.16. The van der Waals surface area contributed by atoms with E-state index in [1.165, 1.54) is 0 Å². The van der Waals surface area contributed by atoms with Gasteiger partial charge in [-0.25, -0.2) is 8.78 Å². The molecular formula is C14H21F2NO2. The lowest BCUT2D eigenvalue weighted by molar-refractivity contribution is 0.0152. The monoisotopic (exact) mass is 273 g/mol. The normalized spacial score (nSPS) is 12.8. The van der Waals surface area contributed by atoms with E-state index >= 15 is 0 Å². The van der Waals surface area contributed by atoms with Crippen molar-refractivity contribution < 1.29 is 18.3 Å². The van der Waals surface area contributed by atoms with Crippen LogP contribution >= 0.6 is 0 Å². The van der Waals surface area contributed by atoms with Crippen molar-refractivity contribution in [2.75, 3.05) is 20.3 Å². The van der Waals surface area contributed by atoms with Crippen LogP contribution in [-0.4, -0.2) is 26.7 Å². The molecule has 1 unspecified atom stereocenters. The molecular weight excluding hydrogens is 252 g/mol. The summed E-state index contributed by atoms with van der Waals surface area (Å²) in [6.07, 6.45) is -1.92. The second kappa shape index (κ2) is 7.40. The number of nitrogens with two attached hydrogens (primary N) is 1. The average Bonchev–Trinajstić information content (AvgIpc) is 2.36. The molecule has 0 bridgehead atoms. The van der Waals surface area contributed by atoms with E-state index in [1.54, 1.807) is 7.11 Å². The van der Waals surface area contributed by atoms with Crippen molar-refractivity contribution >= 4 is 0 Å². The third-order valence-corrected chi connectivity index (χ3v) is 3.00. The maximum absolute atomic E-state index is 11.9. The highest BCUT2D eigenvalue weighted by Gasteiger charge is 2.12. The number of hydrogen-bond acceptors (Lipinski definition) is 3. The van der Waals surface area contributed by atoms with Crippen molar-refractivity contribution in [3.63, 3.8) is 0 Å². The first-order valence-electron chi connectivity index (χ1n) is 6.22. The van der Waals surface area contributed by atoms with Gasteiger partial charge in [0.15, 0.2) is 0 Å². The maximum Gasteiger partial charge on any atom is 0.261 e. The predicted octanol–water partition coefficient (Wildman–Crippen LogP) is 2.98. The fourth-order valence-electron chi connectivity index (χ4n) is 1.97. The van der Waals surface area contributed by atoms with E-state index in [0.717, 1.165) is 22.4 Å². The SMILES string of the molecule is COc1cc(C)c(C(N)CCOCC(F)F)cc1C. The minimum absolute atomic E-state index is 0.220. The van der Waals surface area contributed by atoms with Crippen LogP contribution in [0.25, 0.3) is 0 Å². The molecule has 0 heterocycles. The van der Waals surface area contributed by atoms with Gasteiger partial charge in [0.2, 0.25) is 0 Å². The number of halogens is 2. The van der Waals surface area contributed by atoms with Crippen LogP contribution in [0.3, 0.4) is 0 Å². The van der Waals surface area contributed by atoms with Crippen molar-refractivity contribution in [1.82, 2.24) is 0 Å². The summed E-state index contributed by atoms with van der Waals surface area (Å²) in [6, 6.07) is 3.69. The fourth-order valence-corrected chi connectivity index (χ4v) is 1.97. The molecule has 0 saturated heterocycles. The summed E-state index contributed by atoms with van der Waals surface area (Å²) in [5.41, 5.74) is 9.10. The lowest BCUT2D eigenvalue weighted by atomic mass is 9.97. The zero-order valence-corrected chi connectivity index (χ0v) is 11.6. The summed E-state index contributed by atoms with van der Waals surface area (Å²) in [4.78, 5) is 0. The summed E-state index contributed by atoms with van der Waals surface area (Å²) in [5.74, 6) is 0.822. The van der Waals surface area contributed by atoms with Crippen molar-refractivity contribution in [2.24, 2.45) is 5.73 Å². The van der Waals surface area contributed by atoms with Gasteiger partial charge in [0.1, 0.15) is 12.4 Å². The molecule has 0 aliphatic carbocycles. The van der Waals surface area contributed by atoms with Crippen LogP contribution in [0.15, 0.2) is 12.1 Å². The molecule has 0 aliphatic rings. The zero-order chi connectivity index (χ0) is 14.4. The molecule has 2 N–H and O–H groups in total. The van der Waals surface area contributed by atoms with Crippen molar-refractivity contribution in [3.05, 3.63) is 28.8 Å². The second-order valence-corrected chi connectivity index (χ2v) is 4.54. The summed E-state index contributed by atoms with van der Waals surface area (Å²) in [5, 5.41) is 0. The van der Waals surface area contributed by atoms with Crippen LogP contribution < -0.4 is 10.5 Å². The van der Waals surface area contributed by atoms with Crippen LogP contribution in [0.1, 0.15) is 29.2 Å². The number of alkyl halides is 2. The molecule has 19 heavy (non-hydrogen) atoms. The van der Waals surface area contributed by atoms with Crippen LogP contribution in [-0.2, 0) is 4.74 Å². The molecule has 1 aromatic rings. The molecule has 0 saturated carbocycles. The minimum Gasteiger partial charge on any atom is -0.496 e. The Labute approximate surface area is 112 Å². The quantitative estimate of drug-likeness (QED) is 0.777. The Hall–Kier alpha value is -1.20. The topological polar surface area (TPSA) is 44.5 Å². The van der Waals surface area contributed by atoms with Gasteiger partial charge in [-0.2, -0.15) is 0 Å². The number of hydrogen-bond donors (Lipinski definition) is 1. The van der Waals surface area contributed by atoms with Gasteiger partial charge >= 0.3 is 0 Å². The summed E-state index contributed by atoms with van der Waals surface area (Å²) < 4.78 is 33.9. The van der Waals surface area contributed by atoms with E-state index in [-0.39, 0.29) is 12.6 Å². The van der Waals surface area contributed by atoms with Crippen molar-refractivity contribution in [3.8, 4) is 5.75 Å². The van der Waals surface area contributed by atoms with Gasteiger partial charge in [0.05, 0.1) is 7.11 Å². The molecule has 5 heteroatoms. The molecule has 0 spiro atoms. The highest BCUT2D eigenvalue weighted by molar-refractivity contribution is 5.42. The van der Waals surface area contributed by atoms with E-state index in [9.17, 15) is 8.78 Å². The van der Waals surface area contributed by atoms with E-state index in [2.05, 4.69) is 0 Å². The summed E-state index contributed by atoms with van der Waals surface area (Å²) in [7, 11) is 1.62. The smallest absolute Gasteiger partial charge is 0.261 e. The molecule has 108 valence electrons. The Morgan fingerprint density at radius 3 is 2.47 bits per heavy atom. The van der Waals surface area contributed by atoms with E-state index in [4.69, 9.17) is 15.2 Å². The fraction of sp³-hybridized carbons (Fsp3) is 0.571. The van der Waals surface area contributed by atoms with E-state index in [0.29, 0.717) is 6.42 Å². The molecule has 3 nitrogen and oxygen atoms in total. The Kier molecular flexibility index (Phi) is 6.18. The Balaban J connectivity index is 2.61. The van der Waals surface area contributed by atoms with Gasteiger partial charge < -0.3 is 15.2 Å². The van der Waals surface area contributed by atoms with Crippen LogP contribution in [0.5, 0.6) is 5.75 Å². The molecule has 1 rings (SSSR count). The van der Waals surface area contributed by atoms with Gasteiger partial charge in [0, 0.05) is 12.6 Å². The Morgan fingerprint density at radius 2 is 1.89 bits per heavy atom. The van der Waals surface area contributed by atoms with Gasteiger partial charge in [-0.1, -0.05) is 6.07 Å². The van der Waals surface area contributed by atoms with E-state index in [1.807, 2.05) is 26.0 Å². The number of benzene rings is 1. The Morgan fingerprint density at radius 1 is 1.21 bits per heavy atom. The molecule has 1 atom stereocenters. The first-order chi connectivity index (χ1) is 8.95. The molecule has 0 radical (unpaired) electrons. The van der Waals surface area contributed by atoms with Gasteiger partial charge in [0.25, 0.3) is 6.43 Å². The first kappa shape index (κ1) is 15.9. The maximum atomic E-state index is 11.9. The standard InChI is InChI=1S/C14H21F2NO2/c1-9-7-13(18-3)10(2)6-11(9)12(17)4-5-19-8-14(15)16/h6-7,12,14H,4-5,8,17H2,1-3H3. The molecule has 0 amide bonds. The lowest BCUT2D eigenvalue weighted by Gasteiger charge is -2.17. The zero-order valence-electron chi connectivity index (χ0n) is 11.6. The predicted molar refractivity (Wildman–Crippen MR) is 70.8 cm³/mol. The number of methoxy groups -OCH3 is 1. The molecule has 1 aromatic carbocycles. The minimum atomic E-state index is -2.43. The van der Waals surface area contributed by atoms with Crippen molar-refractivity contribution in [1.29, 1.82) is 0 Å². The first-order valence-corrected chi connectivity index (χ1v) is 6.22. The van der Waals surface area contributed by atoms with Gasteiger partial charge in [-0.15, -0.1) is 0 Å². The third kappa shape index (κ3) is 4.76. The average molecular weight is 273 g/mol. The number of ether oxygens (including phenoxy) is 2. The highest BCUT2D eigenvalue weighted by Crippen LogP contribution is 2.26. The number of aryl methyl sites for hydroxylation is 2.